The lowest BCUT2D eigenvalue weighted by molar-refractivity contribution is 0.229. The van der Waals surface area contributed by atoms with E-state index in [1.165, 1.54) is 42.0 Å². The number of fused-ring (bicyclic) bond motifs is 1. The summed E-state index contributed by atoms with van der Waals surface area (Å²) in [5, 5.41) is 2.72. The molecule has 1 unspecified atom stereocenters. The molecule has 0 bridgehead atoms. The fourth-order valence-electron chi connectivity index (χ4n) is 3.32. The van der Waals surface area contributed by atoms with Crippen molar-refractivity contribution < 1.29 is 4.74 Å². The molecule has 0 aliphatic rings. The summed E-state index contributed by atoms with van der Waals surface area (Å²) in [5.41, 5.74) is 1.45. The molecule has 0 amide bonds. The number of rotatable bonds is 9. The van der Waals surface area contributed by atoms with E-state index < -0.39 is 0 Å². The highest BCUT2D eigenvalue weighted by molar-refractivity contribution is 5.86. The number of benzene rings is 2. The van der Waals surface area contributed by atoms with E-state index >= 15 is 0 Å². The molecule has 1 atom stereocenters. The minimum Gasteiger partial charge on any atom is -0.493 e. The van der Waals surface area contributed by atoms with E-state index in [2.05, 4.69) is 54.4 Å². The Kier molecular flexibility index (Phi) is 8.43. The van der Waals surface area contributed by atoms with Crippen LogP contribution in [-0.2, 0) is 6.42 Å². The Morgan fingerprint density at radius 2 is 1.69 bits per heavy atom. The quantitative estimate of drug-likeness (QED) is 0.431. The van der Waals surface area contributed by atoms with E-state index in [1.807, 2.05) is 12.1 Å². The minimum atomic E-state index is 0. The number of aromatic nitrogens is 1. The molecule has 0 saturated heterocycles. The van der Waals surface area contributed by atoms with Gasteiger partial charge < -0.3 is 4.74 Å². The van der Waals surface area contributed by atoms with Gasteiger partial charge in [-0.3, -0.25) is 4.98 Å². The van der Waals surface area contributed by atoms with Crippen molar-refractivity contribution in [3.05, 3.63) is 72.6 Å². The van der Waals surface area contributed by atoms with Gasteiger partial charge in [0, 0.05) is 12.4 Å². The zero-order chi connectivity index (χ0) is 17.3. The van der Waals surface area contributed by atoms with E-state index in [9.17, 15) is 0 Å². The molecule has 138 valence electrons. The minimum absolute atomic E-state index is 0. The Morgan fingerprint density at radius 3 is 2.50 bits per heavy atom. The van der Waals surface area contributed by atoms with Crippen molar-refractivity contribution in [3.8, 4) is 5.75 Å². The Labute approximate surface area is 163 Å². The van der Waals surface area contributed by atoms with E-state index in [4.69, 9.17) is 4.74 Å². The summed E-state index contributed by atoms with van der Waals surface area (Å²) in [5.74, 6) is 1.51. The van der Waals surface area contributed by atoms with Gasteiger partial charge in [-0.05, 0) is 53.6 Å². The summed E-state index contributed by atoms with van der Waals surface area (Å²) in [6.07, 6.45) is 9.57. The SMILES string of the molecule is CCCCC(CCc1cccc2ccccc12)COc1ccncc1.Cl. The van der Waals surface area contributed by atoms with Crippen LogP contribution in [0, 0.1) is 5.92 Å². The fraction of sp³-hybridized carbons (Fsp3) is 0.348. The van der Waals surface area contributed by atoms with Crippen LogP contribution in [0.4, 0.5) is 0 Å². The van der Waals surface area contributed by atoms with Crippen molar-refractivity contribution in [1.29, 1.82) is 0 Å². The summed E-state index contributed by atoms with van der Waals surface area (Å²) in [4.78, 5) is 4.05. The van der Waals surface area contributed by atoms with Gasteiger partial charge in [-0.15, -0.1) is 12.4 Å². The second-order valence-electron chi connectivity index (χ2n) is 6.68. The zero-order valence-corrected chi connectivity index (χ0v) is 16.3. The summed E-state index contributed by atoms with van der Waals surface area (Å²) >= 11 is 0. The number of aryl methyl sites for hydroxylation is 1. The van der Waals surface area contributed by atoms with Gasteiger partial charge in [-0.1, -0.05) is 62.2 Å². The van der Waals surface area contributed by atoms with Gasteiger partial charge in [0.15, 0.2) is 0 Å². The van der Waals surface area contributed by atoms with Gasteiger partial charge in [0.1, 0.15) is 5.75 Å². The molecule has 0 fully saturated rings. The van der Waals surface area contributed by atoms with Gasteiger partial charge in [-0.2, -0.15) is 0 Å². The Hall–Kier alpha value is -2.06. The molecule has 3 aromatic rings. The average molecular weight is 370 g/mol. The second kappa shape index (κ2) is 10.8. The standard InChI is InChI=1S/C23H27NO.ClH/c1-2-3-7-19(18-25-22-14-16-24-17-15-22)12-13-21-10-6-9-20-8-4-5-11-23(20)21;/h4-6,8-11,14-17,19H,2-3,7,12-13,18H2,1H3;1H. The average Bonchev–Trinajstić information content (AvgIpc) is 2.68. The number of ether oxygens (including phenoxy) is 1. The number of halogens is 1. The highest BCUT2D eigenvalue weighted by Gasteiger charge is 2.11. The molecule has 1 aromatic heterocycles. The van der Waals surface area contributed by atoms with Crippen molar-refractivity contribution >= 4 is 23.2 Å². The number of unbranched alkanes of at least 4 members (excludes halogenated alkanes) is 1. The van der Waals surface area contributed by atoms with Crippen LogP contribution in [0.25, 0.3) is 10.8 Å². The summed E-state index contributed by atoms with van der Waals surface area (Å²) < 4.78 is 6.00. The molecule has 0 aliphatic heterocycles. The second-order valence-corrected chi connectivity index (χ2v) is 6.68. The maximum Gasteiger partial charge on any atom is 0.122 e. The number of hydrogen-bond donors (Lipinski definition) is 0. The molecule has 2 nitrogen and oxygen atoms in total. The van der Waals surface area contributed by atoms with Crippen LogP contribution in [0.5, 0.6) is 5.75 Å². The fourth-order valence-corrected chi connectivity index (χ4v) is 3.32. The van der Waals surface area contributed by atoms with Crippen LogP contribution in [0.1, 0.15) is 38.2 Å². The van der Waals surface area contributed by atoms with Crippen molar-refractivity contribution in [3.63, 3.8) is 0 Å². The van der Waals surface area contributed by atoms with Crippen LogP contribution in [0.15, 0.2) is 67.0 Å². The Bertz CT molecular complexity index is 770. The lowest BCUT2D eigenvalue weighted by atomic mass is 9.93. The van der Waals surface area contributed by atoms with Gasteiger partial charge in [0.25, 0.3) is 0 Å². The summed E-state index contributed by atoms with van der Waals surface area (Å²) in [6, 6.07) is 19.2. The Morgan fingerprint density at radius 1 is 0.923 bits per heavy atom. The van der Waals surface area contributed by atoms with Crippen molar-refractivity contribution in [2.45, 2.75) is 39.0 Å². The molecular formula is C23H28ClNO. The first kappa shape index (κ1) is 20.3. The lowest BCUT2D eigenvalue weighted by Gasteiger charge is -2.18. The van der Waals surface area contributed by atoms with E-state index in [0.29, 0.717) is 5.92 Å². The maximum atomic E-state index is 6.00. The van der Waals surface area contributed by atoms with E-state index in [-0.39, 0.29) is 12.4 Å². The first-order valence-electron chi connectivity index (χ1n) is 9.36. The molecule has 3 heteroatoms. The van der Waals surface area contributed by atoms with Crippen molar-refractivity contribution in [1.82, 2.24) is 4.98 Å². The third kappa shape index (κ3) is 5.74. The predicted octanol–water partition coefficient (Wildman–Crippen LogP) is 6.47. The van der Waals surface area contributed by atoms with Crippen LogP contribution >= 0.6 is 12.4 Å². The normalized spacial score (nSPS) is 11.7. The summed E-state index contributed by atoms with van der Waals surface area (Å²) in [7, 11) is 0. The third-order valence-electron chi connectivity index (χ3n) is 4.80. The monoisotopic (exact) mass is 369 g/mol. The molecule has 0 spiro atoms. The van der Waals surface area contributed by atoms with Crippen molar-refractivity contribution in [2.24, 2.45) is 5.92 Å². The largest absolute Gasteiger partial charge is 0.493 e. The smallest absolute Gasteiger partial charge is 0.122 e. The summed E-state index contributed by atoms with van der Waals surface area (Å²) in [6.45, 7) is 3.04. The lowest BCUT2D eigenvalue weighted by Crippen LogP contribution is -2.13. The predicted molar refractivity (Wildman–Crippen MR) is 112 cm³/mol. The molecule has 0 N–H and O–H groups in total. The first-order chi connectivity index (χ1) is 12.4. The molecule has 26 heavy (non-hydrogen) atoms. The molecule has 2 aromatic carbocycles. The van der Waals surface area contributed by atoms with Gasteiger partial charge in [0.05, 0.1) is 6.61 Å². The van der Waals surface area contributed by atoms with Gasteiger partial charge >= 0.3 is 0 Å². The van der Waals surface area contributed by atoms with Gasteiger partial charge in [0.2, 0.25) is 0 Å². The topological polar surface area (TPSA) is 22.1 Å². The van der Waals surface area contributed by atoms with E-state index in [1.54, 1.807) is 12.4 Å². The number of nitrogens with zero attached hydrogens (tertiary/aromatic N) is 1. The maximum absolute atomic E-state index is 6.00. The van der Waals surface area contributed by atoms with Crippen molar-refractivity contribution in [2.75, 3.05) is 6.61 Å². The first-order valence-corrected chi connectivity index (χ1v) is 9.36. The molecule has 1 heterocycles. The number of hydrogen-bond acceptors (Lipinski definition) is 2. The molecule has 0 aliphatic carbocycles. The van der Waals surface area contributed by atoms with E-state index in [0.717, 1.165) is 18.8 Å². The van der Waals surface area contributed by atoms with Crippen LogP contribution in [0.2, 0.25) is 0 Å². The molecule has 3 rings (SSSR count). The highest BCUT2D eigenvalue weighted by Crippen LogP contribution is 2.23. The molecular weight excluding hydrogens is 342 g/mol. The zero-order valence-electron chi connectivity index (χ0n) is 15.4. The molecule has 0 saturated carbocycles. The van der Waals surface area contributed by atoms with Crippen LogP contribution in [0.3, 0.4) is 0 Å². The van der Waals surface area contributed by atoms with Crippen LogP contribution < -0.4 is 4.74 Å². The molecule has 0 radical (unpaired) electrons. The van der Waals surface area contributed by atoms with Crippen LogP contribution in [-0.4, -0.2) is 11.6 Å². The Balaban J connectivity index is 0.00000243. The van der Waals surface area contributed by atoms with Gasteiger partial charge in [-0.25, -0.2) is 0 Å². The third-order valence-corrected chi connectivity index (χ3v) is 4.80. The highest BCUT2D eigenvalue weighted by atomic mass is 35.5. The number of pyridine rings is 1.